The Hall–Kier alpha value is -1.36. The number of carbonyl (C=O) groups is 1. The van der Waals surface area contributed by atoms with Gasteiger partial charge < -0.3 is 9.64 Å². The molecular weight excluding hydrogens is 247 g/mol. The Morgan fingerprint density at radius 3 is 2.76 bits per heavy atom. The van der Waals surface area contributed by atoms with Crippen LogP contribution in [0, 0.1) is 5.82 Å². The SMILES string of the molecule is COC(=O)CN(c1ncc(Cl)cc1F)C(C)C. The van der Waals surface area contributed by atoms with E-state index < -0.39 is 11.8 Å². The first-order chi connectivity index (χ1) is 7.95. The molecule has 94 valence electrons. The molecule has 4 nitrogen and oxygen atoms in total. The van der Waals surface area contributed by atoms with Gasteiger partial charge in [-0.05, 0) is 19.9 Å². The summed E-state index contributed by atoms with van der Waals surface area (Å²) in [5.74, 6) is -0.917. The molecule has 0 atom stereocenters. The molecule has 0 aromatic carbocycles. The molecule has 1 aromatic heterocycles. The van der Waals surface area contributed by atoms with Crippen molar-refractivity contribution >= 4 is 23.4 Å². The smallest absolute Gasteiger partial charge is 0.325 e. The average molecular weight is 261 g/mol. The molecular formula is C11H14ClFN2O2. The summed E-state index contributed by atoms with van der Waals surface area (Å²) >= 11 is 5.62. The minimum absolute atomic E-state index is 0.0558. The average Bonchev–Trinajstić information content (AvgIpc) is 2.26. The van der Waals surface area contributed by atoms with Crippen LogP contribution in [0.5, 0.6) is 0 Å². The van der Waals surface area contributed by atoms with Crippen LogP contribution in [0.1, 0.15) is 13.8 Å². The fraction of sp³-hybridized carbons (Fsp3) is 0.455. The molecule has 0 aliphatic heterocycles. The predicted molar refractivity (Wildman–Crippen MR) is 63.7 cm³/mol. The number of esters is 1. The number of anilines is 1. The Balaban J connectivity index is 3.01. The van der Waals surface area contributed by atoms with E-state index in [1.165, 1.54) is 18.2 Å². The Kier molecular flexibility index (Phi) is 4.69. The van der Waals surface area contributed by atoms with Crippen molar-refractivity contribution in [2.24, 2.45) is 0 Å². The molecule has 0 N–H and O–H groups in total. The van der Waals surface area contributed by atoms with Crippen LogP contribution in [-0.4, -0.2) is 30.6 Å². The summed E-state index contributed by atoms with van der Waals surface area (Å²) in [5, 5.41) is 0.216. The van der Waals surface area contributed by atoms with Gasteiger partial charge in [-0.25, -0.2) is 9.37 Å². The van der Waals surface area contributed by atoms with E-state index in [0.717, 1.165) is 6.07 Å². The van der Waals surface area contributed by atoms with Crippen LogP contribution in [0.4, 0.5) is 10.2 Å². The molecule has 0 radical (unpaired) electrons. The number of ether oxygens (including phenoxy) is 1. The third-order valence-electron chi connectivity index (χ3n) is 2.21. The molecule has 17 heavy (non-hydrogen) atoms. The summed E-state index contributed by atoms with van der Waals surface area (Å²) in [7, 11) is 1.28. The number of aromatic nitrogens is 1. The first-order valence-electron chi connectivity index (χ1n) is 5.10. The van der Waals surface area contributed by atoms with Crippen molar-refractivity contribution in [2.75, 3.05) is 18.6 Å². The highest BCUT2D eigenvalue weighted by atomic mass is 35.5. The van der Waals surface area contributed by atoms with Crippen LogP contribution < -0.4 is 4.90 Å². The van der Waals surface area contributed by atoms with Crippen LogP contribution in [0.15, 0.2) is 12.3 Å². The maximum atomic E-state index is 13.7. The Morgan fingerprint density at radius 2 is 2.29 bits per heavy atom. The number of rotatable bonds is 4. The number of methoxy groups -OCH3 is 1. The Bertz CT molecular complexity index is 412. The van der Waals surface area contributed by atoms with Crippen LogP contribution in [-0.2, 0) is 9.53 Å². The first-order valence-corrected chi connectivity index (χ1v) is 5.48. The van der Waals surface area contributed by atoms with E-state index >= 15 is 0 Å². The quantitative estimate of drug-likeness (QED) is 0.779. The van der Waals surface area contributed by atoms with Gasteiger partial charge >= 0.3 is 5.97 Å². The second kappa shape index (κ2) is 5.82. The van der Waals surface area contributed by atoms with E-state index in [-0.39, 0.29) is 23.4 Å². The van der Waals surface area contributed by atoms with E-state index in [4.69, 9.17) is 11.6 Å². The minimum Gasteiger partial charge on any atom is -0.468 e. The zero-order valence-electron chi connectivity index (χ0n) is 9.91. The van der Waals surface area contributed by atoms with Crippen LogP contribution in [0.2, 0.25) is 5.02 Å². The van der Waals surface area contributed by atoms with E-state index in [1.807, 2.05) is 13.8 Å². The molecule has 6 heteroatoms. The van der Waals surface area contributed by atoms with Crippen molar-refractivity contribution in [3.05, 3.63) is 23.1 Å². The van der Waals surface area contributed by atoms with E-state index in [2.05, 4.69) is 9.72 Å². The van der Waals surface area contributed by atoms with E-state index in [0.29, 0.717) is 0 Å². The zero-order valence-corrected chi connectivity index (χ0v) is 10.7. The van der Waals surface area contributed by atoms with Gasteiger partial charge in [0.05, 0.1) is 12.1 Å². The van der Waals surface area contributed by atoms with Gasteiger partial charge in [-0.3, -0.25) is 4.79 Å². The predicted octanol–water partition coefficient (Wildman–Crippen LogP) is 2.26. The standard InChI is InChI=1S/C11H14ClFN2O2/c1-7(2)15(6-10(16)17-3)11-9(13)4-8(12)5-14-11/h4-5,7H,6H2,1-3H3. The number of nitrogens with zero attached hydrogens (tertiary/aromatic N) is 2. The second-order valence-electron chi connectivity index (χ2n) is 3.76. The topological polar surface area (TPSA) is 42.4 Å². The first kappa shape index (κ1) is 13.7. The summed E-state index contributed by atoms with van der Waals surface area (Å²) in [4.78, 5) is 16.6. The van der Waals surface area contributed by atoms with Gasteiger partial charge in [-0.2, -0.15) is 0 Å². The van der Waals surface area contributed by atoms with Crippen molar-refractivity contribution in [3.63, 3.8) is 0 Å². The molecule has 0 aliphatic carbocycles. The minimum atomic E-state index is -0.560. The monoisotopic (exact) mass is 260 g/mol. The number of pyridine rings is 1. The number of hydrogen-bond donors (Lipinski definition) is 0. The van der Waals surface area contributed by atoms with Gasteiger partial charge in [0.1, 0.15) is 6.54 Å². The highest BCUT2D eigenvalue weighted by Gasteiger charge is 2.19. The van der Waals surface area contributed by atoms with Gasteiger partial charge in [0.25, 0.3) is 0 Å². The molecule has 1 aromatic rings. The summed E-state index contributed by atoms with van der Waals surface area (Å²) in [6.07, 6.45) is 1.34. The molecule has 1 heterocycles. The molecule has 0 spiro atoms. The number of halogens is 2. The number of carbonyl (C=O) groups excluding carboxylic acids is 1. The molecule has 0 aliphatic rings. The molecule has 0 saturated heterocycles. The lowest BCUT2D eigenvalue weighted by atomic mass is 10.3. The lowest BCUT2D eigenvalue weighted by Crippen LogP contribution is -2.37. The summed E-state index contributed by atoms with van der Waals surface area (Å²) in [6, 6.07) is 1.08. The molecule has 0 saturated carbocycles. The van der Waals surface area contributed by atoms with Crippen LogP contribution >= 0.6 is 11.6 Å². The number of hydrogen-bond acceptors (Lipinski definition) is 4. The van der Waals surface area contributed by atoms with Crippen molar-refractivity contribution < 1.29 is 13.9 Å². The highest BCUT2D eigenvalue weighted by Crippen LogP contribution is 2.21. The maximum Gasteiger partial charge on any atom is 0.325 e. The summed E-state index contributed by atoms with van der Waals surface area (Å²) < 4.78 is 18.2. The lowest BCUT2D eigenvalue weighted by molar-refractivity contribution is -0.139. The molecule has 0 amide bonds. The third kappa shape index (κ3) is 3.56. The fourth-order valence-corrected chi connectivity index (χ4v) is 1.47. The van der Waals surface area contributed by atoms with Gasteiger partial charge in [0.2, 0.25) is 0 Å². The van der Waals surface area contributed by atoms with Gasteiger partial charge in [-0.15, -0.1) is 0 Å². The van der Waals surface area contributed by atoms with E-state index in [1.54, 1.807) is 0 Å². The second-order valence-corrected chi connectivity index (χ2v) is 4.19. The highest BCUT2D eigenvalue weighted by molar-refractivity contribution is 6.30. The lowest BCUT2D eigenvalue weighted by Gasteiger charge is -2.26. The maximum absolute atomic E-state index is 13.7. The van der Waals surface area contributed by atoms with Crippen LogP contribution in [0.3, 0.4) is 0 Å². The summed E-state index contributed by atoms with van der Waals surface area (Å²) in [5.41, 5.74) is 0. The zero-order chi connectivity index (χ0) is 13.0. The van der Waals surface area contributed by atoms with Gasteiger partial charge in [0, 0.05) is 12.2 Å². The molecule has 0 unspecified atom stereocenters. The third-order valence-corrected chi connectivity index (χ3v) is 2.42. The normalized spacial score (nSPS) is 10.5. The Labute approximate surface area is 104 Å². The van der Waals surface area contributed by atoms with E-state index in [9.17, 15) is 9.18 Å². The molecule has 0 fully saturated rings. The van der Waals surface area contributed by atoms with Crippen molar-refractivity contribution in [1.82, 2.24) is 4.98 Å². The molecule has 0 bridgehead atoms. The van der Waals surface area contributed by atoms with Crippen molar-refractivity contribution in [3.8, 4) is 0 Å². The van der Waals surface area contributed by atoms with Crippen molar-refractivity contribution in [1.29, 1.82) is 0 Å². The molecule has 1 rings (SSSR count). The van der Waals surface area contributed by atoms with Crippen molar-refractivity contribution in [2.45, 2.75) is 19.9 Å². The van der Waals surface area contributed by atoms with Gasteiger partial charge in [0.15, 0.2) is 11.6 Å². The summed E-state index contributed by atoms with van der Waals surface area (Å²) in [6.45, 7) is 3.61. The van der Waals surface area contributed by atoms with Gasteiger partial charge in [-0.1, -0.05) is 11.6 Å². The van der Waals surface area contributed by atoms with Crippen LogP contribution in [0.25, 0.3) is 0 Å². The largest absolute Gasteiger partial charge is 0.468 e. The fourth-order valence-electron chi connectivity index (χ4n) is 1.32. The Morgan fingerprint density at radius 1 is 1.65 bits per heavy atom.